The second kappa shape index (κ2) is 4.60. The topological polar surface area (TPSA) is 42.4 Å². The summed E-state index contributed by atoms with van der Waals surface area (Å²) < 4.78 is 5.62. The van der Waals surface area contributed by atoms with Gasteiger partial charge in [0.25, 0.3) is 0 Å². The van der Waals surface area contributed by atoms with Crippen LogP contribution in [0.2, 0.25) is 0 Å². The van der Waals surface area contributed by atoms with Gasteiger partial charge in [-0.25, -0.2) is 0 Å². The van der Waals surface area contributed by atoms with Crippen LogP contribution in [0.1, 0.15) is 37.2 Å². The maximum Gasteiger partial charge on any atom is 0.118 e. The summed E-state index contributed by atoms with van der Waals surface area (Å²) in [4.78, 5) is 2.37. The third kappa shape index (κ3) is 2.15. The predicted octanol–water partition coefficient (Wildman–Crippen LogP) is 2.29. The van der Waals surface area contributed by atoms with Crippen molar-refractivity contribution in [2.45, 2.75) is 44.7 Å². The largest absolute Gasteiger partial charge is 0.465 e. The molecule has 90 valence electrons. The van der Waals surface area contributed by atoms with Crippen LogP contribution in [0.4, 0.5) is 0 Å². The standard InChI is InChI=1S/C13H22N2O/c1-11-5-6-12(16-11)9-15(2)13(10-14)7-3-4-8-13/h5-6H,3-4,7-10,14H2,1-2H3. The van der Waals surface area contributed by atoms with Crippen LogP contribution in [0.3, 0.4) is 0 Å². The van der Waals surface area contributed by atoms with Gasteiger partial charge in [-0.1, -0.05) is 12.8 Å². The number of likely N-dealkylation sites (N-methyl/N-ethyl adjacent to an activating group) is 1. The number of aryl methyl sites for hydroxylation is 1. The van der Waals surface area contributed by atoms with E-state index >= 15 is 0 Å². The summed E-state index contributed by atoms with van der Waals surface area (Å²) in [6.45, 7) is 3.60. The molecular formula is C13H22N2O. The summed E-state index contributed by atoms with van der Waals surface area (Å²) in [6, 6.07) is 4.08. The molecule has 1 aliphatic rings. The summed E-state index contributed by atoms with van der Waals surface area (Å²) in [7, 11) is 2.16. The number of nitrogens with zero attached hydrogens (tertiary/aromatic N) is 1. The minimum atomic E-state index is 0.209. The van der Waals surface area contributed by atoms with Gasteiger partial charge in [0.2, 0.25) is 0 Å². The maximum absolute atomic E-state index is 5.96. The van der Waals surface area contributed by atoms with E-state index in [0.29, 0.717) is 0 Å². The molecule has 1 fully saturated rings. The van der Waals surface area contributed by atoms with Crippen molar-refractivity contribution in [3.8, 4) is 0 Å². The molecule has 2 rings (SSSR count). The van der Waals surface area contributed by atoms with Crippen molar-refractivity contribution in [1.29, 1.82) is 0 Å². The van der Waals surface area contributed by atoms with Gasteiger partial charge >= 0.3 is 0 Å². The lowest BCUT2D eigenvalue weighted by atomic mass is 9.95. The van der Waals surface area contributed by atoms with Crippen molar-refractivity contribution < 1.29 is 4.42 Å². The van der Waals surface area contributed by atoms with Gasteiger partial charge in [0, 0.05) is 12.1 Å². The Morgan fingerprint density at radius 2 is 2.06 bits per heavy atom. The van der Waals surface area contributed by atoms with Gasteiger partial charge in [-0.2, -0.15) is 0 Å². The second-order valence-corrected chi connectivity index (χ2v) is 5.00. The average Bonchev–Trinajstić information content (AvgIpc) is 2.88. The number of rotatable bonds is 4. The van der Waals surface area contributed by atoms with E-state index < -0.39 is 0 Å². The fraction of sp³-hybridized carbons (Fsp3) is 0.692. The average molecular weight is 222 g/mol. The predicted molar refractivity (Wildman–Crippen MR) is 65.2 cm³/mol. The van der Waals surface area contributed by atoms with Crippen molar-refractivity contribution in [3.63, 3.8) is 0 Å². The first-order chi connectivity index (χ1) is 7.66. The molecule has 0 unspecified atom stereocenters. The molecule has 0 spiro atoms. The fourth-order valence-electron chi connectivity index (χ4n) is 2.75. The smallest absolute Gasteiger partial charge is 0.118 e. The SMILES string of the molecule is Cc1ccc(CN(C)C2(CN)CCCC2)o1. The lowest BCUT2D eigenvalue weighted by Crippen LogP contribution is -2.49. The molecule has 0 aromatic carbocycles. The Hall–Kier alpha value is -0.800. The summed E-state index contributed by atoms with van der Waals surface area (Å²) in [5, 5.41) is 0. The van der Waals surface area contributed by atoms with Crippen molar-refractivity contribution in [1.82, 2.24) is 4.90 Å². The molecule has 0 saturated heterocycles. The van der Waals surface area contributed by atoms with E-state index in [0.717, 1.165) is 24.6 Å². The lowest BCUT2D eigenvalue weighted by molar-refractivity contribution is 0.114. The molecule has 1 saturated carbocycles. The molecule has 3 heteroatoms. The van der Waals surface area contributed by atoms with Crippen molar-refractivity contribution in [2.24, 2.45) is 5.73 Å². The van der Waals surface area contributed by atoms with Gasteiger partial charge < -0.3 is 10.2 Å². The highest BCUT2D eigenvalue weighted by molar-refractivity contribution is 5.06. The van der Waals surface area contributed by atoms with E-state index in [1.807, 2.05) is 13.0 Å². The Kier molecular flexibility index (Phi) is 3.36. The van der Waals surface area contributed by atoms with Crippen LogP contribution in [0.5, 0.6) is 0 Å². The fourth-order valence-corrected chi connectivity index (χ4v) is 2.75. The zero-order chi connectivity index (χ0) is 11.6. The summed E-state index contributed by atoms with van der Waals surface area (Å²) >= 11 is 0. The number of hydrogen-bond acceptors (Lipinski definition) is 3. The minimum Gasteiger partial charge on any atom is -0.465 e. The normalized spacial score (nSPS) is 19.5. The molecule has 1 aliphatic carbocycles. The van der Waals surface area contributed by atoms with Gasteiger partial charge in [-0.3, -0.25) is 4.90 Å². The highest BCUT2D eigenvalue weighted by Gasteiger charge is 2.36. The third-order valence-corrected chi connectivity index (χ3v) is 3.91. The Bertz CT molecular complexity index is 339. The Balaban J connectivity index is 2.03. The first-order valence-corrected chi connectivity index (χ1v) is 6.13. The van der Waals surface area contributed by atoms with E-state index in [4.69, 9.17) is 10.2 Å². The molecule has 16 heavy (non-hydrogen) atoms. The number of hydrogen-bond donors (Lipinski definition) is 1. The molecule has 0 radical (unpaired) electrons. The number of nitrogens with two attached hydrogens (primary N) is 1. The van der Waals surface area contributed by atoms with E-state index in [9.17, 15) is 0 Å². The van der Waals surface area contributed by atoms with Crippen LogP contribution in [-0.4, -0.2) is 24.0 Å². The summed E-state index contributed by atoms with van der Waals surface area (Å²) in [5.41, 5.74) is 6.17. The molecule has 1 aromatic heterocycles. The van der Waals surface area contributed by atoms with Crippen molar-refractivity contribution in [2.75, 3.05) is 13.6 Å². The van der Waals surface area contributed by atoms with E-state index in [1.165, 1.54) is 25.7 Å². The van der Waals surface area contributed by atoms with E-state index in [1.54, 1.807) is 0 Å². The summed E-state index contributed by atoms with van der Waals surface area (Å²) in [5.74, 6) is 2.02. The van der Waals surface area contributed by atoms with Gasteiger partial charge in [-0.15, -0.1) is 0 Å². The maximum atomic E-state index is 5.96. The van der Waals surface area contributed by atoms with Crippen LogP contribution in [0.25, 0.3) is 0 Å². The van der Waals surface area contributed by atoms with Crippen LogP contribution >= 0.6 is 0 Å². The zero-order valence-electron chi connectivity index (χ0n) is 10.3. The molecular weight excluding hydrogens is 200 g/mol. The number of furan rings is 1. The van der Waals surface area contributed by atoms with Crippen molar-refractivity contribution in [3.05, 3.63) is 23.7 Å². The van der Waals surface area contributed by atoms with E-state index in [2.05, 4.69) is 18.0 Å². The Labute approximate surface area is 97.6 Å². The van der Waals surface area contributed by atoms with Gasteiger partial charge in [0.1, 0.15) is 11.5 Å². The zero-order valence-corrected chi connectivity index (χ0v) is 10.3. The van der Waals surface area contributed by atoms with Crippen LogP contribution in [0, 0.1) is 6.92 Å². The lowest BCUT2D eigenvalue weighted by Gasteiger charge is -2.37. The molecule has 1 heterocycles. The highest BCUT2D eigenvalue weighted by Crippen LogP contribution is 2.34. The molecule has 0 aliphatic heterocycles. The van der Waals surface area contributed by atoms with Crippen molar-refractivity contribution >= 4 is 0 Å². The molecule has 1 aromatic rings. The highest BCUT2D eigenvalue weighted by atomic mass is 16.3. The molecule has 0 amide bonds. The van der Waals surface area contributed by atoms with Crippen LogP contribution in [0.15, 0.2) is 16.5 Å². The van der Waals surface area contributed by atoms with Gasteiger partial charge in [-0.05, 0) is 38.9 Å². The third-order valence-electron chi connectivity index (χ3n) is 3.91. The summed E-state index contributed by atoms with van der Waals surface area (Å²) in [6.07, 6.45) is 5.05. The molecule has 0 bridgehead atoms. The molecule has 3 nitrogen and oxygen atoms in total. The Morgan fingerprint density at radius 3 is 2.56 bits per heavy atom. The second-order valence-electron chi connectivity index (χ2n) is 5.00. The van der Waals surface area contributed by atoms with E-state index in [-0.39, 0.29) is 5.54 Å². The molecule has 0 atom stereocenters. The minimum absolute atomic E-state index is 0.209. The Morgan fingerprint density at radius 1 is 1.38 bits per heavy atom. The first-order valence-electron chi connectivity index (χ1n) is 6.13. The van der Waals surface area contributed by atoms with Crippen LogP contribution in [-0.2, 0) is 6.54 Å². The monoisotopic (exact) mass is 222 g/mol. The van der Waals surface area contributed by atoms with Crippen LogP contribution < -0.4 is 5.73 Å². The van der Waals surface area contributed by atoms with Gasteiger partial charge in [0.05, 0.1) is 6.54 Å². The first kappa shape index (κ1) is 11.7. The quantitative estimate of drug-likeness (QED) is 0.850. The van der Waals surface area contributed by atoms with Gasteiger partial charge in [0.15, 0.2) is 0 Å². The molecule has 2 N–H and O–H groups in total.